The maximum Gasteiger partial charge on any atom is 0.293 e. The first kappa shape index (κ1) is 16.6. The topological polar surface area (TPSA) is 71.2 Å². The second-order valence-electron chi connectivity index (χ2n) is 5.70. The van der Waals surface area contributed by atoms with E-state index in [0.29, 0.717) is 18.1 Å². The van der Waals surface area contributed by atoms with Gasteiger partial charge in [0.15, 0.2) is 0 Å². The summed E-state index contributed by atoms with van der Waals surface area (Å²) in [6.45, 7) is 2.09. The van der Waals surface area contributed by atoms with Crippen LogP contribution in [0.2, 0.25) is 0 Å². The van der Waals surface area contributed by atoms with Crippen molar-refractivity contribution in [3.63, 3.8) is 0 Å². The zero-order valence-corrected chi connectivity index (χ0v) is 13.8. The van der Waals surface area contributed by atoms with Gasteiger partial charge >= 0.3 is 0 Å². The summed E-state index contributed by atoms with van der Waals surface area (Å²) in [7, 11) is 1.66. The van der Waals surface area contributed by atoms with E-state index in [4.69, 9.17) is 0 Å². The minimum atomic E-state index is -0.341. The Morgan fingerprint density at radius 1 is 1.16 bits per heavy atom. The number of phenolic OH excluding ortho intramolecular Hbond substituents is 1. The lowest BCUT2D eigenvalue weighted by Crippen LogP contribution is -2.27. The highest BCUT2D eigenvalue weighted by Crippen LogP contribution is 2.14. The van der Waals surface area contributed by atoms with Gasteiger partial charge in [-0.15, -0.1) is 5.10 Å². The van der Waals surface area contributed by atoms with Crippen LogP contribution >= 0.6 is 0 Å². The van der Waals surface area contributed by atoms with E-state index >= 15 is 0 Å². The third-order valence-electron chi connectivity index (χ3n) is 3.73. The van der Waals surface area contributed by atoms with Gasteiger partial charge in [-0.1, -0.05) is 12.1 Å². The summed E-state index contributed by atoms with van der Waals surface area (Å²) in [4.78, 5) is 18.3. The minimum absolute atomic E-state index is 0.0723. The zero-order chi connectivity index (χ0) is 18.0. The number of aromatic hydroxyl groups is 1. The van der Waals surface area contributed by atoms with Gasteiger partial charge in [0.1, 0.15) is 17.4 Å². The van der Waals surface area contributed by atoms with Crippen LogP contribution in [0, 0.1) is 12.7 Å². The molecule has 0 radical (unpaired) electrons. The van der Waals surface area contributed by atoms with Crippen LogP contribution < -0.4 is 0 Å². The van der Waals surface area contributed by atoms with E-state index in [2.05, 4.69) is 10.1 Å². The predicted octanol–water partition coefficient (Wildman–Crippen LogP) is 2.69. The Morgan fingerprint density at radius 3 is 2.44 bits per heavy atom. The number of benzene rings is 2. The van der Waals surface area contributed by atoms with Crippen LogP contribution in [0.5, 0.6) is 5.75 Å². The highest BCUT2D eigenvalue weighted by Gasteiger charge is 2.19. The number of carbonyl (C=O) groups excluding carboxylic acids is 1. The molecular weight excluding hydrogens is 323 g/mol. The number of carbonyl (C=O) groups is 1. The quantitative estimate of drug-likeness (QED) is 0.793. The lowest BCUT2D eigenvalue weighted by Gasteiger charge is -2.15. The zero-order valence-electron chi connectivity index (χ0n) is 13.8. The number of halogens is 1. The van der Waals surface area contributed by atoms with Gasteiger partial charge in [-0.3, -0.25) is 4.79 Å². The van der Waals surface area contributed by atoms with E-state index in [1.165, 1.54) is 21.7 Å². The average Bonchev–Trinajstić information content (AvgIpc) is 2.98. The number of amides is 1. The van der Waals surface area contributed by atoms with Gasteiger partial charge in [0.05, 0.1) is 5.69 Å². The molecule has 1 aromatic heterocycles. The van der Waals surface area contributed by atoms with Crippen LogP contribution in [-0.2, 0) is 6.54 Å². The molecule has 2 aromatic carbocycles. The second kappa shape index (κ2) is 6.72. The van der Waals surface area contributed by atoms with Gasteiger partial charge in [-0.2, -0.15) is 0 Å². The molecule has 0 saturated carbocycles. The molecule has 0 unspecified atom stereocenters. The van der Waals surface area contributed by atoms with Crippen LogP contribution in [0.1, 0.15) is 22.0 Å². The van der Waals surface area contributed by atoms with Gasteiger partial charge in [0.2, 0.25) is 5.82 Å². The van der Waals surface area contributed by atoms with Crippen molar-refractivity contribution in [2.75, 3.05) is 7.05 Å². The third kappa shape index (κ3) is 3.65. The fourth-order valence-electron chi connectivity index (χ4n) is 2.43. The molecule has 3 rings (SSSR count). The summed E-state index contributed by atoms with van der Waals surface area (Å²) in [5, 5.41) is 13.5. The number of phenols is 1. The molecule has 0 aliphatic rings. The maximum absolute atomic E-state index is 13.1. The third-order valence-corrected chi connectivity index (χ3v) is 3.73. The monoisotopic (exact) mass is 340 g/mol. The van der Waals surface area contributed by atoms with E-state index in [0.717, 1.165) is 5.56 Å². The Morgan fingerprint density at radius 2 is 1.80 bits per heavy atom. The fourth-order valence-corrected chi connectivity index (χ4v) is 2.43. The van der Waals surface area contributed by atoms with Crippen LogP contribution in [0.3, 0.4) is 0 Å². The van der Waals surface area contributed by atoms with Crippen molar-refractivity contribution in [2.24, 2.45) is 0 Å². The summed E-state index contributed by atoms with van der Waals surface area (Å²) in [5.74, 6) is 0.118. The smallest absolute Gasteiger partial charge is 0.293 e. The van der Waals surface area contributed by atoms with Crippen molar-refractivity contribution in [1.29, 1.82) is 0 Å². The SMILES string of the molecule is Cc1nc(C(=O)N(C)Cc2ccc(O)cc2)nn1-c1ccc(F)cc1. The van der Waals surface area contributed by atoms with Gasteiger partial charge in [0.25, 0.3) is 5.91 Å². The highest BCUT2D eigenvalue weighted by molar-refractivity contribution is 5.90. The first-order chi connectivity index (χ1) is 11.9. The van der Waals surface area contributed by atoms with Crippen molar-refractivity contribution < 1.29 is 14.3 Å². The number of aromatic nitrogens is 3. The van der Waals surface area contributed by atoms with Gasteiger partial charge in [-0.05, 0) is 48.9 Å². The number of hydrogen-bond donors (Lipinski definition) is 1. The standard InChI is InChI=1S/C18H17FN4O2/c1-12-20-17(21-23(12)15-7-5-14(19)6-8-15)18(25)22(2)11-13-3-9-16(24)10-4-13/h3-10,24H,11H2,1-2H3. The lowest BCUT2D eigenvalue weighted by molar-refractivity contribution is 0.0773. The Hall–Kier alpha value is -3.22. The molecule has 3 aromatic rings. The molecule has 1 N–H and O–H groups in total. The molecule has 0 spiro atoms. The van der Waals surface area contributed by atoms with Crippen LogP contribution in [0.15, 0.2) is 48.5 Å². The van der Waals surface area contributed by atoms with Crippen LogP contribution in [0.25, 0.3) is 5.69 Å². The maximum atomic E-state index is 13.1. The molecule has 25 heavy (non-hydrogen) atoms. The molecule has 1 heterocycles. The molecular formula is C18H17FN4O2. The van der Waals surface area contributed by atoms with Crippen LogP contribution in [0.4, 0.5) is 4.39 Å². The van der Waals surface area contributed by atoms with Crippen LogP contribution in [-0.4, -0.2) is 37.7 Å². The molecule has 0 fully saturated rings. The molecule has 0 saturated heterocycles. The Balaban J connectivity index is 1.79. The molecule has 7 heteroatoms. The summed E-state index contributed by atoms with van der Waals surface area (Å²) < 4.78 is 14.6. The predicted molar refractivity (Wildman–Crippen MR) is 90.0 cm³/mol. The molecule has 0 atom stereocenters. The molecule has 0 bridgehead atoms. The molecule has 128 valence electrons. The summed E-state index contributed by atoms with van der Waals surface area (Å²) in [5.41, 5.74) is 1.51. The van der Waals surface area contributed by atoms with Crippen molar-refractivity contribution >= 4 is 5.91 Å². The van der Waals surface area contributed by atoms with Gasteiger partial charge in [-0.25, -0.2) is 14.1 Å². The van der Waals surface area contributed by atoms with Gasteiger partial charge < -0.3 is 10.0 Å². The molecule has 0 aliphatic carbocycles. The molecule has 1 amide bonds. The summed E-state index contributed by atoms with van der Waals surface area (Å²) in [6.07, 6.45) is 0. The highest BCUT2D eigenvalue weighted by atomic mass is 19.1. The normalized spacial score (nSPS) is 10.7. The fraction of sp³-hybridized carbons (Fsp3) is 0.167. The van der Waals surface area contributed by atoms with Crippen molar-refractivity contribution in [3.8, 4) is 11.4 Å². The van der Waals surface area contributed by atoms with E-state index in [-0.39, 0.29) is 23.3 Å². The summed E-state index contributed by atoms with van der Waals surface area (Å²) >= 11 is 0. The van der Waals surface area contributed by atoms with E-state index in [1.54, 1.807) is 50.4 Å². The minimum Gasteiger partial charge on any atom is -0.508 e. The number of hydrogen-bond acceptors (Lipinski definition) is 4. The number of nitrogens with zero attached hydrogens (tertiary/aromatic N) is 4. The largest absolute Gasteiger partial charge is 0.508 e. The first-order valence-electron chi connectivity index (χ1n) is 7.67. The van der Waals surface area contributed by atoms with Crippen molar-refractivity contribution in [1.82, 2.24) is 19.7 Å². The van der Waals surface area contributed by atoms with E-state index in [1.807, 2.05) is 0 Å². The van der Waals surface area contributed by atoms with Gasteiger partial charge in [0, 0.05) is 13.6 Å². The number of aryl methyl sites for hydroxylation is 1. The van der Waals surface area contributed by atoms with E-state index < -0.39 is 0 Å². The second-order valence-corrected chi connectivity index (χ2v) is 5.70. The average molecular weight is 340 g/mol. The Bertz CT molecular complexity index is 888. The summed E-state index contributed by atoms with van der Waals surface area (Å²) in [6, 6.07) is 12.4. The van der Waals surface area contributed by atoms with E-state index in [9.17, 15) is 14.3 Å². The lowest BCUT2D eigenvalue weighted by atomic mass is 10.2. The van der Waals surface area contributed by atoms with Crippen molar-refractivity contribution in [2.45, 2.75) is 13.5 Å². The molecule has 6 nitrogen and oxygen atoms in total. The first-order valence-corrected chi connectivity index (χ1v) is 7.67. The molecule has 0 aliphatic heterocycles. The Labute approximate surface area is 144 Å². The number of rotatable bonds is 4. The Kier molecular flexibility index (Phi) is 4.47. The van der Waals surface area contributed by atoms with Crippen molar-refractivity contribution in [3.05, 3.63) is 71.6 Å².